The molecule has 2 aromatic rings. The Bertz CT molecular complexity index is 708. The summed E-state index contributed by atoms with van der Waals surface area (Å²) >= 11 is 6.02. The average molecular weight is 353 g/mol. The van der Waals surface area contributed by atoms with Crippen LogP contribution in [0.1, 0.15) is 5.56 Å². The summed E-state index contributed by atoms with van der Waals surface area (Å²) in [5.74, 6) is 0.333. The largest absolute Gasteiger partial charge is 0.495 e. The van der Waals surface area contributed by atoms with Crippen molar-refractivity contribution in [2.24, 2.45) is 0 Å². The van der Waals surface area contributed by atoms with Gasteiger partial charge < -0.3 is 20.1 Å². The Kier molecular flexibility index (Phi) is 6.40. The second kappa shape index (κ2) is 8.52. The van der Waals surface area contributed by atoms with Gasteiger partial charge in [-0.1, -0.05) is 23.7 Å². The third kappa shape index (κ3) is 4.84. The number of hydrogen-bond acceptors (Lipinski definition) is 4. The van der Waals surface area contributed by atoms with Crippen molar-refractivity contribution in [1.29, 1.82) is 0 Å². The van der Waals surface area contributed by atoms with Crippen LogP contribution in [0.5, 0.6) is 11.5 Å². The number of methoxy groups -OCH3 is 2. The van der Waals surface area contributed by atoms with Crippen LogP contribution >= 0.6 is 11.6 Å². The molecule has 1 amide bonds. The molecule has 0 spiro atoms. The first-order valence-corrected chi connectivity index (χ1v) is 7.58. The van der Waals surface area contributed by atoms with Crippen LogP contribution in [0.15, 0.2) is 36.4 Å². The second-order valence-corrected chi connectivity index (χ2v) is 5.37. The van der Waals surface area contributed by atoms with E-state index < -0.39 is 0 Å². The molecule has 0 aliphatic carbocycles. The van der Waals surface area contributed by atoms with Gasteiger partial charge in [0.05, 0.1) is 31.5 Å². The maximum atomic E-state index is 12.8. The monoisotopic (exact) mass is 352 g/mol. The first-order valence-electron chi connectivity index (χ1n) is 7.20. The highest BCUT2D eigenvalue weighted by molar-refractivity contribution is 6.32. The van der Waals surface area contributed by atoms with E-state index in [1.165, 1.54) is 26.4 Å². The lowest BCUT2D eigenvalue weighted by Gasteiger charge is -2.13. The molecule has 0 atom stereocenters. The first-order chi connectivity index (χ1) is 11.5. The summed E-state index contributed by atoms with van der Waals surface area (Å²) in [4.78, 5) is 12.0. The average Bonchev–Trinajstić information content (AvgIpc) is 2.57. The number of nitrogens with one attached hydrogen (secondary N) is 2. The molecule has 7 heteroatoms. The lowest BCUT2D eigenvalue weighted by Crippen LogP contribution is -2.27. The summed E-state index contributed by atoms with van der Waals surface area (Å²) in [5.41, 5.74) is 1.35. The van der Waals surface area contributed by atoms with E-state index >= 15 is 0 Å². The SMILES string of the molecule is COc1cc(NC(=O)CNCc2ccc(F)cc2)c(OC)cc1Cl. The van der Waals surface area contributed by atoms with Gasteiger partial charge in [-0.05, 0) is 17.7 Å². The van der Waals surface area contributed by atoms with E-state index in [2.05, 4.69) is 10.6 Å². The molecule has 24 heavy (non-hydrogen) atoms. The predicted molar refractivity (Wildman–Crippen MR) is 91.3 cm³/mol. The zero-order chi connectivity index (χ0) is 17.5. The normalized spacial score (nSPS) is 10.3. The Morgan fingerprint density at radius 2 is 1.79 bits per heavy atom. The lowest BCUT2D eigenvalue weighted by atomic mass is 10.2. The van der Waals surface area contributed by atoms with Crippen molar-refractivity contribution in [2.75, 3.05) is 26.1 Å². The number of halogens is 2. The van der Waals surface area contributed by atoms with Gasteiger partial charge in [-0.3, -0.25) is 4.79 Å². The summed E-state index contributed by atoms with van der Waals surface area (Å²) in [7, 11) is 2.98. The van der Waals surface area contributed by atoms with E-state index in [0.717, 1.165) is 5.56 Å². The Morgan fingerprint density at radius 3 is 2.42 bits per heavy atom. The van der Waals surface area contributed by atoms with Crippen LogP contribution in [0.2, 0.25) is 5.02 Å². The minimum atomic E-state index is -0.291. The zero-order valence-corrected chi connectivity index (χ0v) is 14.1. The first kappa shape index (κ1) is 18.0. The van der Waals surface area contributed by atoms with Gasteiger partial charge in [0.2, 0.25) is 5.91 Å². The Hall–Kier alpha value is -2.31. The molecule has 0 bridgehead atoms. The Labute approximate surface area is 144 Å². The fourth-order valence-electron chi connectivity index (χ4n) is 2.08. The van der Waals surface area contributed by atoms with Crippen LogP contribution in [0.3, 0.4) is 0 Å². The van der Waals surface area contributed by atoms with Crippen molar-refractivity contribution in [2.45, 2.75) is 6.54 Å². The highest BCUT2D eigenvalue weighted by Crippen LogP contribution is 2.35. The van der Waals surface area contributed by atoms with E-state index in [1.807, 2.05) is 0 Å². The molecule has 5 nitrogen and oxygen atoms in total. The molecule has 0 saturated carbocycles. The molecule has 2 N–H and O–H groups in total. The Morgan fingerprint density at radius 1 is 1.12 bits per heavy atom. The van der Waals surface area contributed by atoms with E-state index in [4.69, 9.17) is 21.1 Å². The van der Waals surface area contributed by atoms with E-state index in [0.29, 0.717) is 28.8 Å². The smallest absolute Gasteiger partial charge is 0.238 e. The van der Waals surface area contributed by atoms with Gasteiger partial charge in [-0.25, -0.2) is 4.39 Å². The van der Waals surface area contributed by atoms with Crippen LogP contribution in [-0.4, -0.2) is 26.7 Å². The number of rotatable bonds is 7. The van der Waals surface area contributed by atoms with Crippen molar-refractivity contribution < 1.29 is 18.7 Å². The van der Waals surface area contributed by atoms with Crippen molar-refractivity contribution in [3.63, 3.8) is 0 Å². The van der Waals surface area contributed by atoms with Gasteiger partial charge in [-0.15, -0.1) is 0 Å². The molecule has 0 unspecified atom stereocenters. The number of carbonyl (C=O) groups excluding carboxylic acids is 1. The summed E-state index contributed by atoms with van der Waals surface area (Å²) in [6.07, 6.45) is 0. The van der Waals surface area contributed by atoms with Crippen molar-refractivity contribution in [1.82, 2.24) is 5.32 Å². The van der Waals surface area contributed by atoms with Crippen LogP contribution < -0.4 is 20.1 Å². The van der Waals surface area contributed by atoms with E-state index in [-0.39, 0.29) is 18.3 Å². The molecule has 0 radical (unpaired) electrons. The molecule has 0 aliphatic heterocycles. The molecule has 0 aliphatic rings. The summed E-state index contributed by atoms with van der Waals surface area (Å²) in [6.45, 7) is 0.542. The van der Waals surface area contributed by atoms with Gasteiger partial charge in [-0.2, -0.15) is 0 Å². The minimum absolute atomic E-state index is 0.0888. The molecular weight excluding hydrogens is 335 g/mol. The van der Waals surface area contributed by atoms with Gasteiger partial charge in [0.15, 0.2) is 0 Å². The molecule has 128 valence electrons. The molecule has 0 fully saturated rings. The van der Waals surface area contributed by atoms with E-state index in [1.54, 1.807) is 24.3 Å². The second-order valence-electron chi connectivity index (χ2n) is 4.97. The summed E-state index contributed by atoms with van der Waals surface area (Å²) in [6, 6.07) is 9.24. The lowest BCUT2D eigenvalue weighted by molar-refractivity contribution is -0.115. The highest BCUT2D eigenvalue weighted by Gasteiger charge is 2.12. The predicted octanol–water partition coefficient (Wildman–Crippen LogP) is 3.22. The van der Waals surface area contributed by atoms with Gasteiger partial charge >= 0.3 is 0 Å². The number of ether oxygens (including phenoxy) is 2. The molecular formula is C17H18ClFN2O3. The van der Waals surface area contributed by atoms with Crippen LogP contribution in [0, 0.1) is 5.82 Å². The maximum absolute atomic E-state index is 12.8. The fraction of sp³-hybridized carbons (Fsp3) is 0.235. The summed E-state index contributed by atoms with van der Waals surface area (Å²) in [5, 5.41) is 6.11. The molecule has 0 heterocycles. The standard InChI is InChI=1S/C17H18ClFN2O3/c1-23-15-8-14(16(24-2)7-13(15)18)21-17(22)10-20-9-11-3-5-12(19)6-4-11/h3-8,20H,9-10H2,1-2H3,(H,21,22). The Balaban J connectivity index is 1.93. The maximum Gasteiger partial charge on any atom is 0.238 e. The quantitative estimate of drug-likeness (QED) is 0.803. The van der Waals surface area contributed by atoms with Crippen molar-refractivity contribution in [3.05, 3.63) is 52.8 Å². The summed E-state index contributed by atoms with van der Waals surface area (Å²) < 4.78 is 23.2. The third-order valence-corrected chi connectivity index (χ3v) is 3.57. The minimum Gasteiger partial charge on any atom is -0.495 e. The number of carbonyl (C=O) groups is 1. The van der Waals surface area contributed by atoms with Crippen LogP contribution in [0.4, 0.5) is 10.1 Å². The van der Waals surface area contributed by atoms with Gasteiger partial charge in [0.1, 0.15) is 17.3 Å². The zero-order valence-electron chi connectivity index (χ0n) is 13.4. The number of anilines is 1. The van der Waals surface area contributed by atoms with Crippen molar-refractivity contribution in [3.8, 4) is 11.5 Å². The molecule has 0 aromatic heterocycles. The molecule has 0 saturated heterocycles. The van der Waals surface area contributed by atoms with E-state index in [9.17, 15) is 9.18 Å². The van der Waals surface area contributed by atoms with Gasteiger partial charge in [0.25, 0.3) is 0 Å². The van der Waals surface area contributed by atoms with Crippen molar-refractivity contribution >= 4 is 23.2 Å². The third-order valence-electron chi connectivity index (χ3n) is 3.28. The van der Waals surface area contributed by atoms with Crippen LogP contribution in [-0.2, 0) is 11.3 Å². The molecule has 2 rings (SSSR count). The topological polar surface area (TPSA) is 59.6 Å². The number of hydrogen-bond donors (Lipinski definition) is 2. The van der Waals surface area contributed by atoms with Gasteiger partial charge in [0, 0.05) is 18.7 Å². The van der Waals surface area contributed by atoms with Crippen LogP contribution in [0.25, 0.3) is 0 Å². The fourth-order valence-corrected chi connectivity index (χ4v) is 2.31. The number of benzene rings is 2. The number of amides is 1. The molecule has 2 aromatic carbocycles. The highest BCUT2D eigenvalue weighted by atomic mass is 35.5.